The minimum Gasteiger partial charge on any atom is -0.342 e. The molecule has 0 saturated heterocycles. The Morgan fingerprint density at radius 2 is 1.73 bits per heavy atom. The first-order valence-electron chi connectivity index (χ1n) is 11.0. The van der Waals surface area contributed by atoms with Crippen LogP contribution in [0.25, 0.3) is 11.0 Å². The number of aryl methyl sites for hydroxylation is 3. The Morgan fingerprint density at radius 1 is 0.939 bits per heavy atom. The average Bonchev–Trinajstić information content (AvgIpc) is 3.15. The lowest BCUT2D eigenvalue weighted by Gasteiger charge is -2.17. The van der Waals surface area contributed by atoms with Gasteiger partial charge in [0.2, 0.25) is 5.91 Å². The van der Waals surface area contributed by atoms with Gasteiger partial charge >= 0.3 is 0 Å². The van der Waals surface area contributed by atoms with Crippen molar-refractivity contribution < 1.29 is 9.59 Å². The van der Waals surface area contributed by atoms with E-state index in [1.165, 1.54) is 5.56 Å². The van der Waals surface area contributed by atoms with E-state index in [0.717, 1.165) is 27.8 Å². The number of nitrogens with one attached hydrogen (secondary N) is 2. The zero-order valence-electron chi connectivity index (χ0n) is 19.3. The molecule has 6 nitrogen and oxygen atoms in total. The molecule has 168 valence electrons. The summed E-state index contributed by atoms with van der Waals surface area (Å²) in [4.78, 5) is 30.5. The summed E-state index contributed by atoms with van der Waals surface area (Å²) in [5.41, 5.74) is 6.29. The topological polar surface area (TPSA) is 76.0 Å². The minimum atomic E-state index is -0.389. The normalized spacial score (nSPS) is 11.9. The molecule has 0 aliphatic carbocycles. The molecule has 4 aromatic rings. The molecule has 1 atom stereocenters. The summed E-state index contributed by atoms with van der Waals surface area (Å²) in [6, 6.07) is 20.6. The molecule has 1 aromatic heterocycles. The maximum absolute atomic E-state index is 12.9. The Kier molecular flexibility index (Phi) is 6.27. The molecular formula is C27H28N4O2. The quantitative estimate of drug-likeness (QED) is 0.438. The van der Waals surface area contributed by atoms with Gasteiger partial charge < -0.3 is 15.2 Å². The molecule has 0 aliphatic heterocycles. The van der Waals surface area contributed by atoms with Crippen LogP contribution in [0.3, 0.4) is 0 Å². The van der Waals surface area contributed by atoms with Crippen LogP contribution in [0, 0.1) is 20.8 Å². The number of fused-ring (bicyclic) bond motifs is 1. The number of benzene rings is 3. The number of rotatable bonds is 6. The zero-order valence-corrected chi connectivity index (χ0v) is 19.3. The number of carbonyl (C=O) groups is 2. The molecule has 0 fully saturated rings. The minimum absolute atomic E-state index is 0.0907. The lowest BCUT2D eigenvalue weighted by atomic mass is 10.1. The van der Waals surface area contributed by atoms with Crippen molar-refractivity contribution in [2.24, 2.45) is 0 Å². The first-order chi connectivity index (χ1) is 15.8. The van der Waals surface area contributed by atoms with Crippen molar-refractivity contribution in [3.05, 3.63) is 94.8 Å². The van der Waals surface area contributed by atoms with Crippen LogP contribution >= 0.6 is 0 Å². The monoisotopic (exact) mass is 440 g/mol. The SMILES string of the molecule is Cc1cccc(C(=O)NC(C)c2nc3ccccc3n2CC(=O)Nc2ccc(C)c(C)c2)c1. The number of aromatic nitrogens is 2. The van der Waals surface area contributed by atoms with Gasteiger partial charge in [0.05, 0.1) is 17.1 Å². The van der Waals surface area contributed by atoms with Crippen LogP contribution in [-0.2, 0) is 11.3 Å². The number of hydrogen-bond donors (Lipinski definition) is 2. The van der Waals surface area contributed by atoms with E-state index < -0.39 is 0 Å². The summed E-state index contributed by atoms with van der Waals surface area (Å²) < 4.78 is 1.87. The lowest BCUT2D eigenvalue weighted by molar-refractivity contribution is -0.116. The first kappa shape index (κ1) is 22.3. The highest BCUT2D eigenvalue weighted by molar-refractivity contribution is 5.95. The van der Waals surface area contributed by atoms with E-state index in [1.807, 2.05) is 92.9 Å². The fraction of sp³-hybridized carbons (Fsp3) is 0.222. The van der Waals surface area contributed by atoms with Crippen molar-refractivity contribution in [1.82, 2.24) is 14.9 Å². The summed E-state index contributed by atoms with van der Waals surface area (Å²) in [5.74, 6) is 0.302. The van der Waals surface area contributed by atoms with E-state index in [4.69, 9.17) is 4.98 Å². The fourth-order valence-electron chi connectivity index (χ4n) is 3.89. The fourth-order valence-corrected chi connectivity index (χ4v) is 3.89. The Morgan fingerprint density at radius 3 is 2.48 bits per heavy atom. The maximum atomic E-state index is 12.9. The number of hydrogen-bond acceptors (Lipinski definition) is 3. The highest BCUT2D eigenvalue weighted by Crippen LogP contribution is 2.22. The summed E-state index contributed by atoms with van der Waals surface area (Å²) in [6.07, 6.45) is 0. The Balaban J connectivity index is 1.59. The van der Waals surface area contributed by atoms with Crippen molar-refractivity contribution in [2.45, 2.75) is 40.3 Å². The zero-order chi connectivity index (χ0) is 23.5. The number of carbonyl (C=O) groups excluding carboxylic acids is 2. The molecule has 3 aromatic carbocycles. The molecule has 1 heterocycles. The molecule has 0 bridgehead atoms. The standard InChI is InChI=1S/C27H28N4O2/c1-17-8-7-9-21(14-17)27(33)28-20(4)26-30-23-10-5-6-11-24(23)31(26)16-25(32)29-22-13-12-18(2)19(3)15-22/h5-15,20H,16H2,1-4H3,(H,28,33)(H,29,32). The van der Waals surface area contributed by atoms with E-state index in [9.17, 15) is 9.59 Å². The predicted octanol–water partition coefficient (Wildman–Crippen LogP) is 5.09. The Bertz CT molecular complexity index is 1340. The maximum Gasteiger partial charge on any atom is 0.251 e. The van der Waals surface area contributed by atoms with Crippen LogP contribution in [-0.4, -0.2) is 21.4 Å². The molecule has 33 heavy (non-hydrogen) atoms. The lowest BCUT2D eigenvalue weighted by Crippen LogP contribution is -2.30. The second-order valence-corrected chi connectivity index (χ2v) is 8.46. The molecule has 1 unspecified atom stereocenters. The van der Waals surface area contributed by atoms with E-state index in [-0.39, 0.29) is 24.4 Å². The number of imidazole rings is 1. The number of amides is 2. The summed E-state index contributed by atoms with van der Waals surface area (Å²) in [7, 11) is 0. The molecule has 0 radical (unpaired) electrons. The largest absolute Gasteiger partial charge is 0.342 e. The molecule has 4 rings (SSSR count). The van der Waals surface area contributed by atoms with Gasteiger partial charge in [0.25, 0.3) is 5.91 Å². The molecule has 0 saturated carbocycles. The second kappa shape index (κ2) is 9.28. The third-order valence-electron chi connectivity index (χ3n) is 5.79. The molecule has 6 heteroatoms. The Hall–Kier alpha value is -3.93. The van der Waals surface area contributed by atoms with Gasteiger partial charge in [0.15, 0.2) is 0 Å². The van der Waals surface area contributed by atoms with Crippen LogP contribution in [0.2, 0.25) is 0 Å². The summed E-state index contributed by atoms with van der Waals surface area (Å²) >= 11 is 0. The predicted molar refractivity (Wildman–Crippen MR) is 131 cm³/mol. The van der Waals surface area contributed by atoms with Gasteiger partial charge in [-0.05, 0) is 75.2 Å². The van der Waals surface area contributed by atoms with Crippen LogP contribution in [0.5, 0.6) is 0 Å². The van der Waals surface area contributed by atoms with E-state index in [1.54, 1.807) is 6.07 Å². The van der Waals surface area contributed by atoms with Gasteiger partial charge in [-0.15, -0.1) is 0 Å². The Labute approximate surface area is 193 Å². The van der Waals surface area contributed by atoms with Crippen molar-refractivity contribution in [3.8, 4) is 0 Å². The van der Waals surface area contributed by atoms with Crippen molar-refractivity contribution in [2.75, 3.05) is 5.32 Å². The van der Waals surface area contributed by atoms with Crippen LogP contribution in [0.1, 0.15) is 45.8 Å². The molecule has 0 aliphatic rings. The smallest absolute Gasteiger partial charge is 0.251 e. The highest BCUT2D eigenvalue weighted by atomic mass is 16.2. The van der Waals surface area contributed by atoms with Crippen LogP contribution in [0.15, 0.2) is 66.7 Å². The first-order valence-corrected chi connectivity index (χ1v) is 11.0. The number of nitrogens with zero attached hydrogens (tertiary/aromatic N) is 2. The number of para-hydroxylation sites is 2. The van der Waals surface area contributed by atoms with Crippen LogP contribution < -0.4 is 10.6 Å². The molecule has 2 N–H and O–H groups in total. The van der Waals surface area contributed by atoms with Gasteiger partial charge in [0, 0.05) is 11.3 Å². The second-order valence-electron chi connectivity index (χ2n) is 8.46. The third-order valence-corrected chi connectivity index (χ3v) is 5.79. The van der Waals surface area contributed by atoms with Gasteiger partial charge in [-0.2, -0.15) is 0 Å². The molecular weight excluding hydrogens is 412 g/mol. The van der Waals surface area contributed by atoms with Crippen molar-refractivity contribution >= 4 is 28.5 Å². The van der Waals surface area contributed by atoms with Gasteiger partial charge in [-0.25, -0.2) is 4.98 Å². The van der Waals surface area contributed by atoms with Crippen molar-refractivity contribution in [1.29, 1.82) is 0 Å². The van der Waals surface area contributed by atoms with E-state index >= 15 is 0 Å². The summed E-state index contributed by atoms with van der Waals surface area (Å²) in [6.45, 7) is 7.98. The van der Waals surface area contributed by atoms with Gasteiger partial charge in [0.1, 0.15) is 12.4 Å². The van der Waals surface area contributed by atoms with Gasteiger partial charge in [-0.3, -0.25) is 9.59 Å². The molecule has 0 spiro atoms. The average molecular weight is 441 g/mol. The third kappa shape index (κ3) is 4.95. The molecule has 2 amide bonds. The summed E-state index contributed by atoms with van der Waals surface area (Å²) in [5, 5.41) is 6.00. The van der Waals surface area contributed by atoms with Gasteiger partial charge in [-0.1, -0.05) is 35.9 Å². The number of anilines is 1. The van der Waals surface area contributed by atoms with E-state index in [0.29, 0.717) is 11.4 Å². The highest BCUT2D eigenvalue weighted by Gasteiger charge is 2.20. The van der Waals surface area contributed by atoms with E-state index in [2.05, 4.69) is 10.6 Å². The van der Waals surface area contributed by atoms with Crippen LogP contribution in [0.4, 0.5) is 5.69 Å². The van der Waals surface area contributed by atoms with Crippen molar-refractivity contribution in [3.63, 3.8) is 0 Å².